The lowest BCUT2D eigenvalue weighted by Crippen LogP contribution is -2.13. The summed E-state index contributed by atoms with van der Waals surface area (Å²) in [7, 11) is -3.42. The number of nitrogens with zero attached hydrogens (tertiary/aromatic N) is 2. The average Bonchev–Trinajstić information content (AvgIpc) is 3.00. The smallest absolute Gasteiger partial charge is 0.270 e. The molecule has 4 rings (SSSR count). The monoisotopic (exact) mass is 380 g/mol. The zero-order valence-corrected chi connectivity index (χ0v) is 15.1. The van der Waals surface area contributed by atoms with Crippen molar-refractivity contribution in [3.8, 4) is 0 Å². The average molecular weight is 380 g/mol. The van der Waals surface area contributed by atoms with Crippen molar-refractivity contribution >= 4 is 37.3 Å². The van der Waals surface area contributed by atoms with Crippen LogP contribution >= 0.6 is 0 Å². The van der Waals surface area contributed by atoms with Crippen LogP contribution in [-0.2, 0) is 16.4 Å². The number of non-ortho nitro benzene ring substituents is 1. The number of sulfone groups is 1. The van der Waals surface area contributed by atoms with Gasteiger partial charge in [0, 0.05) is 40.5 Å². The van der Waals surface area contributed by atoms with Crippen LogP contribution < -0.4 is 0 Å². The molecule has 0 amide bonds. The van der Waals surface area contributed by atoms with Gasteiger partial charge in [0.15, 0.2) is 9.84 Å². The molecule has 0 aliphatic rings. The lowest BCUT2D eigenvalue weighted by atomic mass is 10.1. The molecule has 0 bridgehead atoms. The fourth-order valence-corrected chi connectivity index (χ4v) is 4.58. The van der Waals surface area contributed by atoms with E-state index in [1.807, 2.05) is 28.8 Å². The lowest BCUT2D eigenvalue weighted by molar-refractivity contribution is -0.384. The minimum Gasteiger partial charge on any atom is -0.339 e. The molecular weight excluding hydrogens is 364 g/mol. The third kappa shape index (κ3) is 3.06. The molecule has 0 aliphatic heterocycles. The summed E-state index contributed by atoms with van der Waals surface area (Å²) in [5, 5.41) is 12.7. The standard InChI is InChI=1S/C20H16N2O4S/c23-22(24)15-10-11-20-18(14-15)17-8-4-5-9-19(17)21(20)12-13-27(25,26)16-6-2-1-3-7-16/h1-11,14H,12-13H2. The van der Waals surface area contributed by atoms with Gasteiger partial charge in [-0.15, -0.1) is 0 Å². The third-order valence-corrected chi connectivity index (χ3v) is 6.36. The Kier molecular flexibility index (Phi) is 4.16. The normalized spacial score (nSPS) is 11.9. The van der Waals surface area contributed by atoms with E-state index in [0.717, 1.165) is 21.8 Å². The maximum atomic E-state index is 12.6. The fraction of sp³-hybridized carbons (Fsp3) is 0.100. The van der Waals surface area contributed by atoms with Gasteiger partial charge in [0.25, 0.3) is 5.69 Å². The highest BCUT2D eigenvalue weighted by molar-refractivity contribution is 7.91. The summed E-state index contributed by atoms with van der Waals surface area (Å²) < 4.78 is 27.2. The Labute approximate surface area is 155 Å². The molecule has 0 atom stereocenters. The molecular formula is C20H16N2O4S. The molecule has 3 aromatic carbocycles. The van der Waals surface area contributed by atoms with Crippen LogP contribution in [0, 0.1) is 10.1 Å². The topological polar surface area (TPSA) is 82.2 Å². The highest BCUT2D eigenvalue weighted by Crippen LogP contribution is 2.31. The molecule has 0 fully saturated rings. The summed E-state index contributed by atoms with van der Waals surface area (Å²) in [6, 6.07) is 20.6. The Balaban J connectivity index is 1.80. The number of rotatable bonds is 5. The van der Waals surface area contributed by atoms with Crippen molar-refractivity contribution in [2.45, 2.75) is 11.4 Å². The van der Waals surface area contributed by atoms with E-state index in [9.17, 15) is 18.5 Å². The van der Waals surface area contributed by atoms with Crippen LogP contribution in [0.15, 0.2) is 77.7 Å². The first-order valence-corrected chi connectivity index (χ1v) is 10.1. The van der Waals surface area contributed by atoms with Crippen LogP contribution in [0.2, 0.25) is 0 Å². The summed E-state index contributed by atoms with van der Waals surface area (Å²) in [5.74, 6) is -0.0538. The van der Waals surface area contributed by atoms with E-state index in [1.165, 1.54) is 6.07 Å². The summed E-state index contributed by atoms with van der Waals surface area (Å²) in [4.78, 5) is 11.0. The summed E-state index contributed by atoms with van der Waals surface area (Å²) in [6.45, 7) is 0.263. The number of hydrogen-bond donors (Lipinski definition) is 0. The van der Waals surface area contributed by atoms with E-state index in [2.05, 4.69) is 0 Å². The predicted molar refractivity (Wildman–Crippen MR) is 105 cm³/mol. The number of nitro groups is 1. The van der Waals surface area contributed by atoms with Crippen LogP contribution in [0.1, 0.15) is 0 Å². The second kappa shape index (κ2) is 6.51. The zero-order chi connectivity index (χ0) is 19.0. The van der Waals surface area contributed by atoms with E-state index < -0.39 is 14.8 Å². The molecule has 136 valence electrons. The largest absolute Gasteiger partial charge is 0.339 e. The quantitative estimate of drug-likeness (QED) is 0.384. The van der Waals surface area contributed by atoms with Gasteiger partial charge in [0.05, 0.1) is 15.6 Å². The SMILES string of the molecule is O=[N+]([O-])c1ccc2c(c1)c1ccccc1n2CCS(=O)(=O)c1ccccc1. The summed E-state index contributed by atoms with van der Waals surface area (Å²) >= 11 is 0. The number of aromatic nitrogens is 1. The van der Waals surface area contributed by atoms with E-state index in [0.29, 0.717) is 4.90 Å². The van der Waals surface area contributed by atoms with Crippen LogP contribution in [0.4, 0.5) is 5.69 Å². The van der Waals surface area contributed by atoms with Gasteiger partial charge in [-0.05, 0) is 24.3 Å². The Morgan fingerprint density at radius 3 is 2.26 bits per heavy atom. The summed E-state index contributed by atoms with van der Waals surface area (Å²) in [6.07, 6.45) is 0. The van der Waals surface area contributed by atoms with E-state index in [1.54, 1.807) is 42.5 Å². The first-order valence-electron chi connectivity index (χ1n) is 8.40. The van der Waals surface area contributed by atoms with Crippen molar-refractivity contribution in [1.82, 2.24) is 4.57 Å². The molecule has 0 unspecified atom stereocenters. The molecule has 27 heavy (non-hydrogen) atoms. The molecule has 0 N–H and O–H groups in total. The van der Waals surface area contributed by atoms with Crippen molar-refractivity contribution < 1.29 is 13.3 Å². The van der Waals surface area contributed by atoms with Crippen molar-refractivity contribution in [1.29, 1.82) is 0 Å². The number of aryl methyl sites for hydroxylation is 1. The fourth-order valence-electron chi connectivity index (χ4n) is 3.35. The molecule has 7 heteroatoms. The molecule has 0 radical (unpaired) electrons. The van der Waals surface area contributed by atoms with Gasteiger partial charge in [-0.25, -0.2) is 8.42 Å². The van der Waals surface area contributed by atoms with E-state index in [-0.39, 0.29) is 18.0 Å². The van der Waals surface area contributed by atoms with E-state index >= 15 is 0 Å². The second-order valence-electron chi connectivity index (χ2n) is 6.26. The number of para-hydroxylation sites is 1. The highest BCUT2D eigenvalue weighted by Gasteiger charge is 2.18. The first kappa shape index (κ1) is 17.2. The van der Waals surface area contributed by atoms with Crippen molar-refractivity contribution in [2.24, 2.45) is 0 Å². The van der Waals surface area contributed by atoms with Gasteiger partial charge in [0.2, 0.25) is 0 Å². The highest BCUT2D eigenvalue weighted by atomic mass is 32.2. The maximum absolute atomic E-state index is 12.6. The first-order chi connectivity index (χ1) is 13.0. The number of hydrogen-bond acceptors (Lipinski definition) is 4. The number of fused-ring (bicyclic) bond motifs is 3. The van der Waals surface area contributed by atoms with Gasteiger partial charge >= 0.3 is 0 Å². The third-order valence-electron chi connectivity index (χ3n) is 4.65. The maximum Gasteiger partial charge on any atom is 0.270 e. The van der Waals surface area contributed by atoms with Crippen molar-refractivity contribution in [3.05, 3.63) is 82.9 Å². The molecule has 4 aromatic rings. The van der Waals surface area contributed by atoms with Gasteiger partial charge in [-0.2, -0.15) is 0 Å². The number of benzene rings is 3. The minimum atomic E-state index is -3.42. The van der Waals surface area contributed by atoms with E-state index in [4.69, 9.17) is 0 Å². The molecule has 0 aliphatic carbocycles. The molecule has 1 aromatic heterocycles. The molecule has 0 saturated carbocycles. The lowest BCUT2D eigenvalue weighted by Gasteiger charge is -2.09. The van der Waals surface area contributed by atoms with Gasteiger partial charge < -0.3 is 4.57 Å². The molecule has 6 nitrogen and oxygen atoms in total. The number of nitro benzene ring substituents is 1. The van der Waals surface area contributed by atoms with Crippen LogP contribution in [0.3, 0.4) is 0 Å². The Hall–Kier alpha value is -3.19. The van der Waals surface area contributed by atoms with Gasteiger partial charge in [0.1, 0.15) is 0 Å². The van der Waals surface area contributed by atoms with Crippen LogP contribution in [0.5, 0.6) is 0 Å². The predicted octanol–water partition coefficient (Wildman–Crippen LogP) is 4.18. The van der Waals surface area contributed by atoms with Gasteiger partial charge in [-0.3, -0.25) is 10.1 Å². The molecule has 0 spiro atoms. The van der Waals surface area contributed by atoms with Crippen molar-refractivity contribution in [2.75, 3.05) is 5.75 Å². The Morgan fingerprint density at radius 2 is 1.52 bits per heavy atom. The Morgan fingerprint density at radius 1 is 0.852 bits per heavy atom. The van der Waals surface area contributed by atoms with Gasteiger partial charge in [-0.1, -0.05) is 36.4 Å². The Bertz CT molecular complexity index is 1260. The zero-order valence-electron chi connectivity index (χ0n) is 14.3. The minimum absolute atomic E-state index is 0.0160. The summed E-state index contributed by atoms with van der Waals surface area (Å²) in [5.41, 5.74) is 1.66. The molecule has 1 heterocycles. The van der Waals surface area contributed by atoms with Crippen molar-refractivity contribution in [3.63, 3.8) is 0 Å². The van der Waals surface area contributed by atoms with Crippen LogP contribution in [0.25, 0.3) is 21.8 Å². The second-order valence-corrected chi connectivity index (χ2v) is 8.37. The molecule has 0 saturated heterocycles. The van der Waals surface area contributed by atoms with Crippen LogP contribution in [-0.4, -0.2) is 23.7 Å².